The van der Waals surface area contributed by atoms with Crippen molar-refractivity contribution in [3.8, 4) is 0 Å². The lowest BCUT2D eigenvalue weighted by Gasteiger charge is -2.53. The summed E-state index contributed by atoms with van der Waals surface area (Å²) in [6.45, 7) is 14.9. The molecule has 10 nitrogen and oxygen atoms in total. The zero-order valence-corrected chi connectivity index (χ0v) is 26.9. The molecule has 1 aromatic rings. The van der Waals surface area contributed by atoms with E-state index in [0.717, 1.165) is 5.56 Å². The van der Waals surface area contributed by atoms with Gasteiger partial charge in [0.25, 0.3) is 0 Å². The number of carbonyl (C=O) groups is 5. The molecule has 1 rings (SSSR count). The summed E-state index contributed by atoms with van der Waals surface area (Å²) in [5.74, 6) is -3.26. The van der Waals surface area contributed by atoms with Gasteiger partial charge in [0.1, 0.15) is 12.1 Å². The van der Waals surface area contributed by atoms with Crippen LogP contribution in [0.1, 0.15) is 74.3 Å². The van der Waals surface area contributed by atoms with Gasteiger partial charge in [-0.05, 0) is 11.5 Å². The second kappa shape index (κ2) is 14.6. The summed E-state index contributed by atoms with van der Waals surface area (Å²) in [5, 5.41) is 5.99. The Balaban J connectivity index is 3.06. The fourth-order valence-corrected chi connectivity index (χ4v) is 10.1. The molecule has 0 heterocycles. The number of halogens is 1. The molecule has 0 unspecified atom stereocenters. The van der Waals surface area contributed by atoms with Crippen molar-refractivity contribution in [3.05, 3.63) is 35.9 Å². The molecule has 0 aliphatic rings. The van der Waals surface area contributed by atoms with Gasteiger partial charge < -0.3 is 26.2 Å². The monoisotopic (exact) mass is 593 g/mol. The summed E-state index contributed by atoms with van der Waals surface area (Å²) < 4.78 is 18.4. The van der Waals surface area contributed by atoms with Crippen molar-refractivity contribution in [1.29, 1.82) is 0 Å². The van der Waals surface area contributed by atoms with Gasteiger partial charge in [-0.3, -0.25) is 28.1 Å². The quantitative estimate of drug-likeness (QED) is 0.205. The Kier molecular flexibility index (Phi) is 12.7. The Hall–Kier alpha value is -3.28. The second-order valence-corrected chi connectivity index (χ2v) is 17.5. The zero-order chi connectivity index (χ0) is 31.8. The third kappa shape index (κ3) is 9.65. The topological polar surface area (TPSA) is 151 Å². The molecule has 0 spiro atoms. The van der Waals surface area contributed by atoms with Crippen molar-refractivity contribution in [1.82, 2.24) is 20.5 Å². The standard InChI is InChI=1S/C29H48FN5O5Si/c1-19(2)25(35(20(3)36)41(30,28(4,5)6)29(7,8)9)27(40)32-16-15-24(38)34-22(26(39)33-18-23(31)37)17-21-13-11-10-12-14-21/h10-14,19,22,25H,15-18H2,1-9H3,(H2,31,37)(H,32,40)(H,33,39)(H,34,38)/t22-,25-/m0/s1. The van der Waals surface area contributed by atoms with Crippen LogP contribution < -0.4 is 21.7 Å². The summed E-state index contributed by atoms with van der Waals surface area (Å²) in [4.78, 5) is 63.0. The van der Waals surface area contributed by atoms with Crippen LogP contribution in [0.2, 0.25) is 10.1 Å². The first-order valence-electron chi connectivity index (χ1n) is 13.9. The average Bonchev–Trinajstić information content (AvgIpc) is 2.83. The third-order valence-corrected chi connectivity index (χ3v) is 12.1. The van der Waals surface area contributed by atoms with Crippen molar-refractivity contribution < 1.29 is 28.1 Å². The molecule has 2 atom stereocenters. The number of primary amides is 1. The maximum Gasteiger partial charge on any atom is 0.362 e. The molecule has 0 aliphatic heterocycles. The number of nitrogens with two attached hydrogens (primary N) is 1. The van der Waals surface area contributed by atoms with Crippen LogP contribution in [0.15, 0.2) is 30.3 Å². The Morgan fingerprint density at radius 3 is 1.90 bits per heavy atom. The van der Waals surface area contributed by atoms with Crippen molar-refractivity contribution in [3.63, 3.8) is 0 Å². The number of hydrogen-bond donors (Lipinski definition) is 4. The van der Waals surface area contributed by atoms with Gasteiger partial charge in [-0.2, -0.15) is 0 Å². The van der Waals surface area contributed by atoms with Crippen LogP contribution in [0.3, 0.4) is 0 Å². The molecule has 0 aromatic heterocycles. The van der Waals surface area contributed by atoms with Gasteiger partial charge in [0, 0.05) is 36.4 Å². The minimum absolute atomic E-state index is 0.0908. The molecule has 5 amide bonds. The van der Waals surface area contributed by atoms with Crippen LogP contribution in [-0.4, -0.2) is 67.8 Å². The average molecular weight is 594 g/mol. The van der Waals surface area contributed by atoms with Crippen LogP contribution in [0.4, 0.5) is 4.11 Å². The lowest BCUT2D eigenvalue weighted by Crippen LogP contribution is -2.69. The maximum absolute atomic E-state index is 17.2. The SMILES string of the molecule is CC(=O)N([C@H](C(=O)NCCC(=O)N[C@@H](Cc1ccccc1)C(=O)NCC(N)=O)C(C)C)[Si](F)(C(C)(C)C)C(C)(C)C. The summed E-state index contributed by atoms with van der Waals surface area (Å²) in [7, 11) is -4.12. The van der Waals surface area contributed by atoms with E-state index in [-0.39, 0.29) is 25.9 Å². The van der Waals surface area contributed by atoms with Crippen LogP contribution in [-0.2, 0) is 30.4 Å². The fourth-order valence-electron chi connectivity index (χ4n) is 5.20. The van der Waals surface area contributed by atoms with Crippen LogP contribution in [0, 0.1) is 5.92 Å². The molecule has 0 radical (unpaired) electrons. The van der Waals surface area contributed by atoms with Gasteiger partial charge in [-0.25, -0.2) is 0 Å². The zero-order valence-electron chi connectivity index (χ0n) is 25.9. The molecule has 230 valence electrons. The number of rotatable bonds is 13. The lowest BCUT2D eigenvalue weighted by molar-refractivity contribution is -0.137. The number of carbonyl (C=O) groups excluding carboxylic acids is 5. The Morgan fingerprint density at radius 2 is 1.46 bits per heavy atom. The minimum atomic E-state index is -4.12. The van der Waals surface area contributed by atoms with Crippen molar-refractivity contribution in [2.45, 2.75) is 97.3 Å². The van der Waals surface area contributed by atoms with Crippen molar-refractivity contribution in [2.24, 2.45) is 11.7 Å². The molecular weight excluding hydrogens is 545 g/mol. The highest BCUT2D eigenvalue weighted by Gasteiger charge is 2.63. The maximum atomic E-state index is 17.2. The van der Waals surface area contributed by atoms with Crippen LogP contribution in [0.5, 0.6) is 0 Å². The first kappa shape index (κ1) is 35.7. The predicted molar refractivity (Wildman–Crippen MR) is 159 cm³/mol. The van der Waals surface area contributed by atoms with Gasteiger partial charge in [-0.15, -0.1) is 0 Å². The van der Waals surface area contributed by atoms with Crippen LogP contribution >= 0.6 is 0 Å². The van der Waals surface area contributed by atoms with E-state index >= 15 is 4.11 Å². The van der Waals surface area contributed by atoms with E-state index in [4.69, 9.17) is 5.73 Å². The van der Waals surface area contributed by atoms with E-state index < -0.39 is 66.2 Å². The predicted octanol–water partition coefficient (Wildman–Crippen LogP) is 2.71. The molecule has 1 aromatic carbocycles. The highest BCUT2D eigenvalue weighted by molar-refractivity contribution is 6.78. The number of hydrogen-bond acceptors (Lipinski definition) is 5. The van der Waals surface area contributed by atoms with Crippen molar-refractivity contribution in [2.75, 3.05) is 13.1 Å². The van der Waals surface area contributed by atoms with E-state index in [2.05, 4.69) is 16.0 Å². The fraction of sp³-hybridized carbons (Fsp3) is 0.621. The third-order valence-electron chi connectivity index (χ3n) is 6.86. The van der Waals surface area contributed by atoms with Crippen LogP contribution in [0.25, 0.3) is 0 Å². The van der Waals surface area contributed by atoms with Gasteiger partial charge in [-0.1, -0.05) is 85.7 Å². The van der Waals surface area contributed by atoms with E-state index in [1.165, 1.54) is 11.5 Å². The summed E-state index contributed by atoms with van der Waals surface area (Å²) in [6, 6.07) is 6.98. The van der Waals surface area contributed by atoms with Gasteiger partial charge in [0.15, 0.2) is 0 Å². The Morgan fingerprint density at radius 1 is 0.927 bits per heavy atom. The molecule has 0 aliphatic carbocycles. The van der Waals surface area contributed by atoms with E-state index in [0.29, 0.717) is 0 Å². The molecule has 0 fully saturated rings. The number of nitrogens with zero attached hydrogens (tertiary/aromatic N) is 1. The number of nitrogens with one attached hydrogen (secondary N) is 3. The van der Waals surface area contributed by atoms with E-state index in [1.807, 2.05) is 6.07 Å². The van der Waals surface area contributed by atoms with E-state index in [9.17, 15) is 24.0 Å². The lowest BCUT2D eigenvalue weighted by atomic mass is 10.0. The Bertz CT molecular complexity index is 1070. The highest BCUT2D eigenvalue weighted by atomic mass is 28.4. The van der Waals surface area contributed by atoms with Gasteiger partial charge in [0.2, 0.25) is 29.5 Å². The largest absolute Gasteiger partial charge is 0.368 e. The normalized spacial score (nSPS) is 13.6. The summed E-state index contributed by atoms with van der Waals surface area (Å²) >= 11 is 0. The minimum Gasteiger partial charge on any atom is -0.368 e. The molecule has 5 N–H and O–H groups in total. The number of benzene rings is 1. The summed E-state index contributed by atoms with van der Waals surface area (Å²) in [6.07, 6.45) is 0.0110. The molecule has 0 saturated heterocycles. The first-order chi connectivity index (χ1) is 18.7. The van der Waals surface area contributed by atoms with Gasteiger partial charge >= 0.3 is 8.57 Å². The second-order valence-electron chi connectivity index (χ2n) is 12.7. The Labute approximate surface area is 244 Å². The molecule has 41 heavy (non-hydrogen) atoms. The van der Waals surface area contributed by atoms with Gasteiger partial charge in [0.05, 0.1) is 6.54 Å². The molecule has 12 heteroatoms. The molecular formula is C29H48FN5O5Si. The number of amides is 5. The van der Waals surface area contributed by atoms with E-state index in [1.54, 1.807) is 79.7 Å². The first-order valence-corrected chi connectivity index (χ1v) is 15.7. The van der Waals surface area contributed by atoms with Crippen molar-refractivity contribution >= 4 is 38.1 Å². The molecule has 0 bridgehead atoms. The smallest absolute Gasteiger partial charge is 0.362 e. The summed E-state index contributed by atoms with van der Waals surface area (Å²) in [5.41, 5.74) is 5.91. The molecule has 0 saturated carbocycles. The highest BCUT2D eigenvalue weighted by Crippen LogP contribution is 2.54.